The van der Waals surface area contributed by atoms with E-state index in [2.05, 4.69) is 11.8 Å². The Morgan fingerprint density at radius 1 is 1.00 bits per heavy atom. The Kier molecular flexibility index (Phi) is 3.82. The van der Waals surface area contributed by atoms with E-state index in [4.69, 9.17) is 4.74 Å². The minimum atomic E-state index is 0.554. The van der Waals surface area contributed by atoms with Crippen LogP contribution in [0.15, 0.2) is 0 Å². The number of nitrogens with zero attached hydrogens (tertiary/aromatic N) is 1. The van der Waals surface area contributed by atoms with E-state index in [1.807, 2.05) is 0 Å². The van der Waals surface area contributed by atoms with E-state index in [9.17, 15) is 0 Å². The molecular formula is C12H23NO. The fourth-order valence-electron chi connectivity index (χ4n) is 2.52. The van der Waals surface area contributed by atoms with Crippen LogP contribution in [0.1, 0.15) is 45.4 Å². The minimum absolute atomic E-state index is 0.554. The van der Waals surface area contributed by atoms with Crippen molar-refractivity contribution >= 4 is 0 Å². The zero-order valence-electron chi connectivity index (χ0n) is 9.37. The summed E-state index contributed by atoms with van der Waals surface area (Å²) in [5.41, 5.74) is 0. The van der Waals surface area contributed by atoms with Crippen molar-refractivity contribution in [3.05, 3.63) is 0 Å². The lowest BCUT2D eigenvalue weighted by atomic mass is 10.1. The largest absolute Gasteiger partial charge is 0.372 e. The zero-order valence-corrected chi connectivity index (χ0v) is 9.37. The van der Waals surface area contributed by atoms with Gasteiger partial charge in [-0.05, 0) is 19.4 Å². The van der Waals surface area contributed by atoms with Gasteiger partial charge in [-0.1, -0.05) is 32.6 Å². The van der Waals surface area contributed by atoms with Crippen molar-refractivity contribution in [3.8, 4) is 0 Å². The van der Waals surface area contributed by atoms with E-state index in [1.54, 1.807) is 0 Å². The molecule has 0 aromatic rings. The third-order valence-electron chi connectivity index (χ3n) is 3.56. The first-order valence-electron chi connectivity index (χ1n) is 6.26. The zero-order chi connectivity index (χ0) is 9.80. The lowest BCUT2D eigenvalue weighted by Gasteiger charge is -2.40. The number of hydrogen-bond acceptors (Lipinski definition) is 2. The van der Waals surface area contributed by atoms with Crippen LogP contribution in [0, 0.1) is 0 Å². The van der Waals surface area contributed by atoms with Crippen molar-refractivity contribution in [2.24, 2.45) is 0 Å². The van der Waals surface area contributed by atoms with Gasteiger partial charge in [-0.15, -0.1) is 0 Å². The fraction of sp³-hybridized carbons (Fsp3) is 1.00. The molecule has 1 heterocycles. The van der Waals surface area contributed by atoms with Gasteiger partial charge in [0.15, 0.2) is 0 Å². The summed E-state index contributed by atoms with van der Waals surface area (Å²) in [7, 11) is 0. The lowest BCUT2D eigenvalue weighted by Crippen LogP contribution is -2.52. The van der Waals surface area contributed by atoms with Crippen molar-refractivity contribution in [3.63, 3.8) is 0 Å². The molecule has 0 spiro atoms. The van der Waals surface area contributed by atoms with Gasteiger partial charge < -0.3 is 4.74 Å². The Bertz CT molecular complexity index is 158. The summed E-state index contributed by atoms with van der Waals surface area (Å²) in [5.74, 6) is 0. The van der Waals surface area contributed by atoms with Gasteiger partial charge in [0.25, 0.3) is 0 Å². The summed E-state index contributed by atoms with van der Waals surface area (Å²) < 4.78 is 6.10. The molecule has 0 unspecified atom stereocenters. The molecule has 14 heavy (non-hydrogen) atoms. The second-order valence-corrected chi connectivity index (χ2v) is 4.72. The Morgan fingerprint density at radius 3 is 2.21 bits per heavy atom. The van der Waals surface area contributed by atoms with Crippen LogP contribution >= 0.6 is 0 Å². The standard InChI is InChI=1S/C12H23NO/c1-2-13-9-12(10-13)14-11-7-5-3-4-6-8-11/h11-12H,2-10H2,1H3. The average molecular weight is 197 g/mol. The third-order valence-corrected chi connectivity index (χ3v) is 3.56. The maximum absolute atomic E-state index is 6.10. The molecule has 1 aliphatic carbocycles. The first-order valence-corrected chi connectivity index (χ1v) is 6.26. The van der Waals surface area contributed by atoms with E-state index in [0.717, 1.165) is 0 Å². The fourth-order valence-corrected chi connectivity index (χ4v) is 2.52. The summed E-state index contributed by atoms with van der Waals surface area (Å²) in [5, 5.41) is 0. The minimum Gasteiger partial charge on any atom is -0.372 e. The predicted molar refractivity (Wildman–Crippen MR) is 58.5 cm³/mol. The molecular weight excluding hydrogens is 174 g/mol. The number of likely N-dealkylation sites (N-methyl/N-ethyl adjacent to an activating group) is 1. The third kappa shape index (κ3) is 2.71. The maximum atomic E-state index is 6.10. The molecule has 0 radical (unpaired) electrons. The molecule has 0 N–H and O–H groups in total. The Balaban J connectivity index is 1.64. The van der Waals surface area contributed by atoms with Crippen LogP contribution in [0.5, 0.6) is 0 Å². The second-order valence-electron chi connectivity index (χ2n) is 4.72. The lowest BCUT2D eigenvalue weighted by molar-refractivity contribution is -0.0940. The highest BCUT2D eigenvalue weighted by Crippen LogP contribution is 2.23. The molecule has 0 atom stereocenters. The number of likely N-dealkylation sites (tertiary alicyclic amines) is 1. The molecule has 1 aliphatic heterocycles. The monoisotopic (exact) mass is 197 g/mol. The van der Waals surface area contributed by atoms with Gasteiger partial charge in [0.2, 0.25) is 0 Å². The van der Waals surface area contributed by atoms with E-state index in [1.165, 1.54) is 58.2 Å². The summed E-state index contributed by atoms with van der Waals surface area (Å²) in [4.78, 5) is 2.45. The van der Waals surface area contributed by atoms with Gasteiger partial charge in [-0.25, -0.2) is 0 Å². The van der Waals surface area contributed by atoms with E-state index >= 15 is 0 Å². The molecule has 82 valence electrons. The topological polar surface area (TPSA) is 12.5 Å². The van der Waals surface area contributed by atoms with Crippen LogP contribution in [-0.2, 0) is 4.74 Å². The van der Waals surface area contributed by atoms with Crippen LogP contribution < -0.4 is 0 Å². The summed E-state index contributed by atoms with van der Waals surface area (Å²) in [6, 6.07) is 0. The molecule has 1 saturated heterocycles. The molecule has 0 bridgehead atoms. The number of ether oxygens (including phenoxy) is 1. The second kappa shape index (κ2) is 5.13. The van der Waals surface area contributed by atoms with Crippen LogP contribution in [0.25, 0.3) is 0 Å². The van der Waals surface area contributed by atoms with Gasteiger partial charge in [0.05, 0.1) is 12.2 Å². The predicted octanol–water partition coefficient (Wildman–Crippen LogP) is 2.43. The van der Waals surface area contributed by atoms with Crippen molar-refractivity contribution in [2.75, 3.05) is 19.6 Å². The Morgan fingerprint density at radius 2 is 1.64 bits per heavy atom. The normalized spacial score (nSPS) is 27.2. The molecule has 2 fully saturated rings. The average Bonchev–Trinajstić information content (AvgIpc) is 2.38. The van der Waals surface area contributed by atoms with Crippen LogP contribution in [-0.4, -0.2) is 36.7 Å². The Labute approximate surface area is 87.6 Å². The summed E-state index contributed by atoms with van der Waals surface area (Å²) in [6.45, 7) is 5.76. The van der Waals surface area contributed by atoms with Crippen molar-refractivity contribution in [1.82, 2.24) is 4.90 Å². The summed E-state index contributed by atoms with van der Waals surface area (Å²) >= 11 is 0. The van der Waals surface area contributed by atoms with Gasteiger partial charge in [-0.2, -0.15) is 0 Å². The molecule has 0 aromatic heterocycles. The Hall–Kier alpha value is -0.0800. The number of rotatable bonds is 3. The molecule has 2 aliphatic rings. The van der Waals surface area contributed by atoms with Crippen molar-refractivity contribution < 1.29 is 4.74 Å². The highest BCUT2D eigenvalue weighted by Gasteiger charge is 2.28. The van der Waals surface area contributed by atoms with E-state index in [-0.39, 0.29) is 0 Å². The highest BCUT2D eigenvalue weighted by atomic mass is 16.5. The van der Waals surface area contributed by atoms with E-state index < -0.39 is 0 Å². The molecule has 0 aromatic carbocycles. The van der Waals surface area contributed by atoms with Gasteiger partial charge in [0.1, 0.15) is 0 Å². The van der Waals surface area contributed by atoms with Gasteiger partial charge >= 0.3 is 0 Å². The first-order chi connectivity index (χ1) is 6.88. The molecule has 2 nitrogen and oxygen atoms in total. The maximum Gasteiger partial charge on any atom is 0.0832 e. The van der Waals surface area contributed by atoms with Crippen LogP contribution in [0.2, 0.25) is 0 Å². The van der Waals surface area contributed by atoms with Crippen molar-refractivity contribution in [1.29, 1.82) is 0 Å². The molecule has 1 saturated carbocycles. The quantitative estimate of drug-likeness (QED) is 0.644. The van der Waals surface area contributed by atoms with Gasteiger partial charge in [0, 0.05) is 13.1 Å². The van der Waals surface area contributed by atoms with Gasteiger partial charge in [-0.3, -0.25) is 4.90 Å². The van der Waals surface area contributed by atoms with Crippen LogP contribution in [0.3, 0.4) is 0 Å². The summed E-state index contributed by atoms with van der Waals surface area (Å²) in [6.07, 6.45) is 9.37. The van der Waals surface area contributed by atoms with Crippen LogP contribution in [0.4, 0.5) is 0 Å². The van der Waals surface area contributed by atoms with Crippen molar-refractivity contribution in [2.45, 2.75) is 57.7 Å². The first kappa shape index (κ1) is 10.4. The SMILES string of the molecule is CCN1CC(OC2CCCCCC2)C1. The molecule has 2 heteroatoms. The van der Waals surface area contributed by atoms with E-state index in [0.29, 0.717) is 12.2 Å². The molecule has 2 rings (SSSR count). The highest BCUT2D eigenvalue weighted by molar-refractivity contribution is 4.81. The molecule has 0 amide bonds. The number of hydrogen-bond donors (Lipinski definition) is 0. The smallest absolute Gasteiger partial charge is 0.0832 e.